The van der Waals surface area contributed by atoms with E-state index in [1.165, 1.54) is 38.5 Å². The van der Waals surface area contributed by atoms with Crippen molar-refractivity contribution in [1.29, 1.82) is 0 Å². The van der Waals surface area contributed by atoms with Crippen LogP contribution < -0.4 is 3.58 Å². The van der Waals surface area contributed by atoms with Crippen LogP contribution in [0.3, 0.4) is 0 Å². The van der Waals surface area contributed by atoms with Gasteiger partial charge in [0.1, 0.15) is 0 Å². The van der Waals surface area contributed by atoms with E-state index in [1.54, 1.807) is 18.9 Å². The molecule has 0 aliphatic heterocycles. The molecule has 0 saturated heterocycles. The molecule has 23 heavy (non-hydrogen) atoms. The monoisotopic (exact) mass is 425 g/mol. The summed E-state index contributed by atoms with van der Waals surface area (Å²) in [6.45, 7) is 8.20. The molecule has 1 rings (SSSR count). The number of hydrogen-bond acceptors (Lipinski definition) is 1. The van der Waals surface area contributed by atoms with Crippen molar-refractivity contribution >= 4 is 22.0 Å². The van der Waals surface area contributed by atoms with Gasteiger partial charge in [0.15, 0.2) is 0 Å². The molecule has 0 bridgehead atoms. The molecule has 0 spiro atoms. The SMILES string of the molecule is CCC[CH2][Sn]([CH2]CCC)([CH2]CCC)[c]1ccccc1CN(C)C. The summed E-state index contributed by atoms with van der Waals surface area (Å²) < 4.78 is 6.55. The second-order valence-electron chi connectivity index (χ2n) is 7.49. The fourth-order valence-corrected chi connectivity index (χ4v) is 20.8. The van der Waals surface area contributed by atoms with E-state index < -0.39 is 18.4 Å². The third-order valence-corrected chi connectivity index (χ3v) is 21.0. The third kappa shape index (κ3) is 6.78. The van der Waals surface area contributed by atoms with Gasteiger partial charge in [-0.1, -0.05) is 0 Å². The first-order valence-electron chi connectivity index (χ1n) is 9.82. The Morgan fingerprint density at radius 2 is 1.26 bits per heavy atom. The third-order valence-electron chi connectivity index (χ3n) is 5.10. The summed E-state index contributed by atoms with van der Waals surface area (Å²) >= 11 is -2.28. The van der Waals surface area contributed by atoms with Crippen LogP contribution in [-0.4, -0.2) is 37.4 Å². The molecule has 0 aliphatic rings. The summed E-state index contributed by atoms with van der Waals surface area (Å²) in [4.78, 5) is 2.34. The van der Waals surface area contributed by atoms with E-state index in [0.29, 0.717) is 0 Å². The van der Waals surface area contributed by atoms with Gasteiger partial charge in [0.25, 0.3) is 0 Å². The van der Waals surface area contributed by atoms with E-state index in [2.05, 4.69) is 64.0 Å². The van der Waals surface area contributed by atoms with Crippen molar-refractivity contribution in [3.63, 3.8) is 0 Å². The molecule has 0 radical (unpaired) electrons. The summed E-state index contributed by atoms with van der Waals surface area (Å²) in [5, 5.41) is 0. The van der Waals surface area contributed by atoms with Crippen LogP contribution in [0.4, 0.5) is 0 Å². The molecule has 0 unspecified atom stereocenters. The topological polar surface area (TPSA) is 3.24 Å². The molecule has 0 aliphatic carbocycles. The van der Waals surface area contributed by atoms with Crippen molar-refractivity contribution in [3.05, 3.63) is 29.8 Å². The fourth-order valence-electron chi connectivity index (χ4n) is 3.84. The summed E-state index contributed by atoms with van der Waals surface area (Å²) in [5.74, 6) is 0. The van der Waals surface area contributed by atoms with Crippen LogP contribution in [0.15, 0.2) is 24.3 Å². The Labute approximate surface area is 149 Å². The van der Waals surface area contributed by atoms with Crippen molar-refractivity contribution in [1.82, 2.24) is 4.90 Å². The molecule has 0 fully saturated rings. The zero-order valence-electron chi connectivity index (χ0n) is 16.3. The van der Waals surface area contributed by atoms with Crippen LogP contribution in [-0.2, 0) is 6.54 Å². The van der Waals surface area contributed by atoms with Crippen LogP contribution in [0.2, 0.25) is 13.3 Å². The fraction of sp³-hybridized carbons (Fsp3) is 0.714. The van der Waals surface area contributed by atoms with Gasteiger partial charge in [-0.2, -0.15) is 0 Å². The van der Waals surface area contributed by atoms with Gasteiger partial charge >= 0.3 is 150 Å². The molecular formula is C21H39NSn. The Balaban J connectivity index is 3.22. The average molecular weight is 424 g/mol. The van der Waals surface area contributed by atoms with E-state index in [9.17, 15) is 0 Å². The quantitative estimate of drug-likeness (QED) is 0.383. The van der Waals surface area contributed by atoms with Gasteiger partial charge in [0, 0.05) is 0 Å². The van der Waals surface area contributed by atoms with Gasteiger partial charge in [-0.05, 0) is 0 Å². The van der Waals surface area contributed by atoms with Crippen molar-refractivity contribution in [3.8, 4) is 0 Å². The first kappa shape index (κ1) is 21.0. The predicted octanol–water partition coefficient (Wildman–Crippen LogP) is 5.80. The molecule has 1 aromatic rings. The molecular weight excluding hydrogens is 385 g/mol. The second-order valence-corrected chi connectivity index (χ2v) is 20.6. The molecule has 0 saturated carbocycles. The van der Waals surface area contributed by atoms with Crippen molar-refractivity contribution in [2.45, 2.75) is 79.2 Å². The van der Waals surface area contributed by atoms with Crippen LogP contribution in [0, 0.1) is 0 Å². The Hall–Kier alpha value is -0.0213. The van der Waals surface area contributed by atoms with Crippen LogP contribution in [0.1, 0.15) is 64.9 Å². The predicted molar refractivity (Wildman–Crippen MR) is 108 cm³/mol. The van der Waals surface area contributed by atoms with Crippen LogP contribution in [0.25, 0.3) is 0 Å². The molecule has 0 atom stereocenters. The maximum absolute atomic E-state index is 2.52. The van der Waals surface area contributed by atoms with E-state index >= 15 is 0 Å². The van der Waals surface area contributed by atoms with E-state index in [-0.39, 0.29) is 0 Å². The van der Waals surface area contributed by atoms with Gasteiger partial charge in [-0.15, -0.1) is 0 Å². The average Bonchev–Trinajstić information content (AvgIpc) is 2.55. The van der Waals surface area contributed by atoms with Crippen molar-refractivity contribution < 1.29 is 0 Å². The Kier molecular flexibility index (Phi) is 10.5. The normalized spacial score (nSPS) is 12.1. The minimum atomic E-state index is -2.28. The van der Waals surface area contributed by atoms with E-state index in [4.69, 9.17) is 0 Å². The van der Waals surface area contributed by atoms with E-state index in [0.717, 1.165) is 6.54 Å². The molecule has 0 amide bonds. The summed E-state index contributed by atoms with van der Waals surface area (Å²) in [6.07, 6.45) is 8.39. The molecule has 1 nitrogen and oxygen atoms in total. The number of rotatable bonds is 12. The number of hydrogen-bond donors (Lipinski definition) is 0. The van der Waals surface area contributed by atoms with Crippen LogP contribution in [0.5, 0.6) is 0 Å². The number of unbranched alkanes of at least 4 members (excludes halogenated alkanes) is 3. The number of benzene rings is 1. The first-order chi connectivity index (χ1) is 11.1. The van der Waals surface area contributed by atoms with Crippen molar-refractivity contribution in [2.75, 3.05) is 14.1 Å². The molecule has 0 heterocycles. The van der Waals surface area contributed by atoms with Gasteiger partial charge in [-0.3, -0.25) is 0 Å². The van der Waals surface area contributed by atoms with Gasteiger partial charge < -0.3 is 0 Å². The summed E-state index contributed by atoms with van der Waals surface area (Å²) in [5.41, 5.74) is 1.64. The number of nitrogens with zero attached hydrogens (tertiary/aromatic N) is 1. The molecule has 0 N–H and O–H groups in total. The standard InChI is InChI=1S/C9H12N.3C4H9.Sn/c1-10(2)8-9-6-4-3-5-7-9;3*1-3-4-2;/h3-6H,8H2,1-2H3;3*1,3-4H2,2H3;. The second kappa shape index (κ2) is 11.5. The van der Waals surface area contributed by atoms with E-state index in [1.807, 2.05) is 3.58 Å². The summed E-state index contributed by atoms with van der Waals surface area (Å²) in [6, 6.07) is 9.49. The molecule has 2 heteroatoms. The van der Waals surface area contributed by atoms with Gasteiger partial charge in [0.05, 0.1) is 0 Å². The zero-order chi connectivity index (χ0) is 17.1. The minimum absolute atomic E-state index is 1.11. The zero-order valence-corrected chi connectivity index (χ0v) is 19.2. The van der Waals surface area contributed by atoms with Crippen LogP contribution >= 0.6 is 0 Å². The Morgan fingerprint density at radius 1 is 0.783 bits per heavy atom. The van der Waals surface area contributed by atoms with Gasteiger partial charge in [0.2, 0.25) is 0 Å². The Morgan fingerprint density at radius 3 is 1.70 bits per heavy atom. The Bertz CT molecular complexity index is 406. The van der Waals surface area contributed by atoms with Gasteiger partial charge in [-0.25, -0.2) is 0 Å². The van der Waals surface area contributed by atoms with Crippen molar-refractivity contribution in [2.24, 2.45) is 0 Å². The molecule has 0 aromatic heterocycles. The molecule has 1 aromatic carbocycles. The summed E-state index contributed by atoms with van der Waals surface area (Å²) in [7, 11) is 4.41. The maximum atomic E-state index is 2.52. The molecule has 132 valence electrons. The first-order valence-corrected chi connectivity index (χ1v) is 17.3.